The van der Waals surface area contributed by atoms with Gasteiger partial charge in [0.25, 0.3) is 0 Å². The molecule has 3 aliphatic rings. The molecule has 116 valence electrons. The van der Waals surface area contributed by atoms with Gasteiger partial charge in [-0.25, -0.2) is 4.79 Å². The van der Waals surface area contributed by atoms with Crippen molar-refractivity contribution in [1.82, 2.24) is 0 Å². The summed E-state index contributed by atoms with van der Waals surface area (Å²) >= 11 is 0. The molecule has 0 bridgehead atoms. The van der Waals surface area contributed by atoms with Crippen molar-refractivity contribution in [3.63, 3.8) is 0 Å². The first-order chi connectivity index (χ1) is 10.5. The lowest BCUT2D eigenvalue weighted by Gasteiger charge is -2.46. The van der Waals surface area contributed by atoms with Gasteiger partial charge in [-0.15, -0.1) is 0 Å². The third-order valence-corrected chi connectivity index (χ3v) is 6.19. The molecule has 0 N–H and O–H groups in total. The van der Waals surface area contributed by atoms with Crippen molar-refractivity contribution in [2.24, 2.45) is 5.92 Å². The molecule has 1 aliphatic heterocycles. The first-order valence-corrected chi connectivity index (χ1v) is 8.53. The fourth-order valence-electron chi connectivity index (χ4n) is 4.82. The lowest BCUT2D eigenvalue weighted by molar-refractivity contribution is -0.136. The van der Waals surface area contributed by atoms with Crippen molar-refractivity contribution >= 4 is 5.97 Å². The van der Waals surface area contributed by atoms with Crippen molar-refractivity contribution in [2.45, 2.75) is 57.8 Å². The second-order valence-corrected chi connectivity index (χ2v) is 7.66. The lowest BCUT2D eigenvalue weighted by atomic mass is 9.57. The molecule has 0 fully saturated rings. The summed E-state index contributed by atoms with van der Waals surface area (Å²) < 4.78 is 5.32. The SMILES string of the molecule is CC(C)c1ccc2c(c1)CC[C@H]1C3=C(CC[C@]21C)C(=O)OC3. The summed E-state index contributed by atoms with van der Waals surface area (Å²) in [6, 6.07) is 7.08. The smallest absolute Gasteiger partial charge is 0.334 e. The summed E-state index contributed by atoms with van der Waals surface area (Å²) in [6.07, 6.45) is 4.23. The quantitative estimate of drug-likeness (QED) is 0.723. The van der Waals surface area contributed by atoms with Gasteiger partial charge in [-0.1, -0.05) is 39.0 Å². The summed E-state index contributed by atoms with van der Waals surface area (Å²) in [6.45, 7) is 7.45. The second kappa shape index (κ2) is 4.71. The van der Waals surface area contributed by atoms with E-state index in [9.17, 15) is 4.79 Å². The van der Waals surface area contributed by atoms with Crippen LogP contribution >= 0.6 is 0 Å². The average Bonchev–Trinajstić information content (AvgIpc) is 2.87. The number of carbonyl (C=O) groups is 1. The van der Waals surface area contributed by atoms with E-state index >= 15 is 0 Å². The van der Waals surface area contributed by atoms with Gasteiger partial charge in [0, 0.05) is 5.57 Å². The standard InChI is InChI=1S/C20H24O2/c1-12(2)13-4-6-17-14(10-13)5-7-18-16-11-22-19(21)15(16)8-9-20(17,18)3/h4,6,10,12,18H,5,7-9,11H2,1-3H3/t18-,20+/m0/s1. The Hall–Kier alpha value is -1.57. The van der Waals surface area contributed by atoms with Crippen molar-refractivity contribution in [1.29, 1.82) is 0 Å². The zero-order valence-electron chi connectivity index (χ0n) is 13.7. The molecular formula is C20H24O2. The fraction of sp³-hybridized carbons (Fsp3) is 0.550. The summed E-state index contributed by atoms with van der Waals surface area (Å²) in [7, 11) is 0. The molecule has 0 radical (unpaired) electrons. The minimum atomic E-state index is -0.0574. The number of ether oxygens (including phenoxy) is 1. The zero-order valence-corrected chi connectivity index (χ0v) is 13.7. The highest BCUT2D eigenvalue weighted by Gasteiger charge is 2.48. The maximum Gasteiger partial charge on any atom is 0.334 e. The number of esters is 1. The zero-order chi connectivity index (χ0) is 15.5. The predicted octanol–water partition coefficient (Wildman–Crippen LogP) is 4.28. The Bertz CT molecular complexity index is 683. The second-order valence-electron chi connectivity index (χ2n) is 7.66. The molecule has 1 aromatic carbocycles. The molecular weight excluding hydrogens is 272 g/mol. The van der Waals surface area contributed by atoms with Crippen LogP contribution in [0.15, 0.2) is 29.3 Å². The molecule has 0 spiro atoms. The van der Waals surface area contributed by atoms with Gasteiger partial charge >= 0.3 is 5.97 Å². The Morgan fingerprint density at radius 3 is 2.86 bits per heavy atom. The maximum atomic E-state index is 11.9. The molecule has 1 heterocycles. The van der Waals surface area contributed by atoms with E-state index in [0.717, 1.165) is 31.3 Å². The van der Waals surface area contributed by atoms with Gasteiger partial charge < -0.3 is 4.74 Å². The van der Waals surface area contributed by atoms with Crippen molar-refractivity contribution < 1.29 is 9.53 Å². The molecule has 2 atom stereocenters. The van der Waals surface area contributed by atoms with Crippen LogP contribution < -0.4 is 0 Å². The molecule has 2 nitrogen and oxygen atoms in total. The molecule has 2 aliphatic carbocycles. The monoisotopic (exact) mass is 296 g/mol. The average molecular weight is 296 g/mol. The van der Waals surface area contributed by atoms with Gasteiger partial charge in [-0.2, -0.15) is 0 Å². The van der Waals surface area contributed by atoms with Crippen molar-refractivity contribution in [3.05, 3.63) is 46.0 Å². The van der Waals surface area contributed by atoms with Crippen molar-refractivity contribution in [3.8, 4) is 0 Å². The van der Waals surface area contributed by atoms with Gasteiger partial charge in [0.2, 0.25) is 0 Å². The minimum absolute atomic E-state index is 0.0574. The Morgan fingerprint density at radius 2 is 2.09 bits per heavy atom. The van der Waals surface area contributed by atoms with Crippen LogP contribution in [-0.2, 0) is 21.4 Å². The number of benzene rings is 1. The van der Waals surface area contributed by atoms with Crippen LogP contribution in [0.5, 0.6) is 0 Å². The van der Waals surface area contributed by atoms with Crippen LogP contribution in [0.2, 0.25) is 0 Å². The number of rotatable bonds is 1. The third-order valence-electron chi connectivity index (χ3n) is 6.19. The van der Waals surface area contributed by atoms with Gasteiger partial charge in [0.1, 0.15) is 6.61 Å². The molecule has 22 heavy (non-hydrogen) atoms. The fourth-order valence-corrected chi connectivity index (χ4v) is 4.82. The number of aryl methyl sites for hydroxylation is 1. The maximum absolute atomic E-state index is 11.9. The number of fused-ring (bicyclic) bond motifs is 4. The lowest BCUT2D eigenvalue weighted by Crippen LogP contribution is -2.41. The molecule has 0 saturated carbocycles. The van der Waals surface area contributed by atoms with E-state index in [-0.39, 0.29) is 11.4 Å². The van der Waals surface area contributed by atoms with E-state index in [1.165, 1.54) is 22.3 Å². The van der Waals surface area contributed by atoms with Crippen LogP contribution in [0.3, 0.4) is 0 Å². The highest BCUT2D eigenvalue weighted by atomic mass is 16.5. The van der Waals surface area contributed by atoms with Gasteiger partial charge in [0.05, 0.1) is 0 Å². The van der Waals surface area contributed by atoms with Crippen LogP contribution in [-0.4, -0.2) is 12.6 Å². The number of hydrogen-bond acceptors (Lipinski definition) is 2. The normalized spacial score (nSPS) is 30.0. The molecule has 2 heteroatoms. The highest BCUT2D eigenvalue weighted by molar-refractivity contribution is 5.92. The summed E-state index contributed by atoms with van der Waals surface area (Å²) in [4.78, 5) is 11.9. The molecule has 0 saturated heterocycles. The van der Waals surface area contributed by atoms with E-state index in [0.29, 0.717) is 18.4 Å². The number of carbonyl (C=O) groups excluding carboxylic acids is 1. The predicted molar refractivity (Wildman–Crippen MR) is 86.9 cm³/mol. The summed E-state index contributed by atoms with van der Waals surface area (Å²) in [5, 5.41) is 0. The van der Waals surface area contributed by atoms with Gasteiger partial charge in [-0.05, 0) is 65.2 Å². The van der Waals surface area contributed by atoms with E-state index in [2.05, 4.69) is 39.0 Å². The van der Waals surface area contributed by atoms with E-state index in [1.54, 1.807) is 0 Å². The third kappa shape index (κ3) is 1.82. The van der Waals surface area contributed by atoms with E-state index in [4.69, 9.17) is 4.74 Å². The number of cyclic esters (lactones) is 1. The number of hydrogen-bond donors (Lipinski definition) is 0. The molecule has 0 amide bonds. The first-order valence-electron chi connectivity index (χ1n) is 8.53. The minimum Gasteiger partial charge on any atom is -0.458 e. The Kier molecular flexibility index (Phi) is 3.01. The Labute approximate surface area is 132 Å². The Morgan fingerprint density at radius 1 is 1.27 bits per heavy atom. The summed E-state index contributed by atoms with van der Waals surface area (Å²) in [5.74, 6) is 1.01. The molecule has 1 aromatic rings. The van der Waals surface area contributed by atoms with Gasteiger partial charge in [-0.3, -0.25) is 0 Å². The van der Waals surface area contributed by atoms with Crippen LogP contribution in [0, 0.1) is 5.92 Å². The topological polar surface area (TPSA) is 26.3 Å². The largest absolute Gasteiger partial charge is 0.458 e. The first kappa shape index (κ1) is 14.0. The van der Waals surface area contributed by atoms with E-state index < -0.39 is 0 Å². The molecule has 0 unspecified atom stereocenters. The van der Waals surface area contributed by atoms with Crippen LogP contribution in [0.4, 0.5) is 0 Å². The summed E-state index contributed by atoms with van der Waals surface area (Å²) in [5.41, 5.74) is 6.95. The molecule has 0 aromatic heterocycles. The molecule has 4 rings (SSSR count). The van der Waals surface area contributed by atoms with Crippen molar-refractivity contribution in [2.75, 3.05) is 6.61 Å². The Balaban J connectivity index is 1.79. The highest BCUT2D eigenvalue weighted by Crippen LogP contribution is 2.53. The van der Waals surface area contributed by atoms with Crippen LogP contribution in [0.25, 0.3) is 0 Å². The van der Waals surface area contributed by atoms with Gasteiger partial charge in [0.15, 0.2) is 0 Å². The van der Waals surface area contributed by atoms with E-state index in [1.807, 2.05) is 0 Å². The van der Waals surface area contributed by atoms with Crippen LogP contribution in [0.1, 0.15) is 62.6 Å².